The molecule has 5 saturated heterocycles. The first-order valence-electron chi connectivity index (χ1n) is 29.8. The third-order valence-electron chi connectivity index (χ3n) is 18.2. The van der Waals surface area contributed by atoms with Gasteiger partial charge in [0.15, 0.2) is 17.4 Å². The van der Waals surface area contributed by atoms with Crippen LogP contribution in [0.1, 0.15) is 101 Å². The van der Waals surface area contributed by atoms with Crippen molar-refractivity contribution in [2.75, 3.05) is 69.3 Å². The average Bonchev–Trinajstić information content (AvgIpc) is 1.82. The maximum atomic E-state index is 17.2. The molecular weight excluding hydrogens is 1090 g/mol. The Morgan fingerprint density at radius 3 is 2.39 bits per heavy atom. The lowest BCUT2D eigenvalue weighted by atomic mass is 9.91. The highest BCUT2D eigenvalue weighted by Gasteiger charge is 2.44. The number of likely N-dealkylation sites (N-methyl/N-ethyl adjacent to an activating group) is 1. The van der Waals surface area contributed by atoms with E-state index in [2.05, 4.69) is 48.5 Å². The molecule has 3 amide bonds. The number of aliphatic hydroxyl groups excluding tert-OH is 1. The molecule has 442 valence electrons. The smallest absolute Gasteiger partial charge is 0.409 e. The maximum absolute atomic E-state index is 17.2. The fraction of sp³-hybridized carbons (Fsp3) is 0.492. The quantitative estimate of drug-likeness (QED) is 0.0827. The number of hydrogen-bond acceptors (Lipinski definition) is 17. The van der Waals surface area contributed by atoms with Crippen LogP contribution in [-0.2, 0) is 20.7 Å². The van der Waals surface area contributed by atoms with Crippen LogP contribution in [0, 0.1) is 18.7 Å². The van der Waals surface area contributed by atoms with Crippen LogP contribution in [0.2, 0.25) is 0 Å². The number of hydrogen-bond donors (Lipinski definition) is 3. The van der Waals surface area contributed by atoms with E-state index >= 15 is 4.39 Å². The minimum absolute atomic E-state index is 0.0243. The number of piperazine rings is 2. The topological polar surface area (TPSA) is 208 Å². The van der Waals surface area contributed by atoms with Crippen molar-refractivity contribution in [2.24, 2.45) is 5.92 Å². The highest BCUT2D eigenvalue weighted by Crippen LogP contribution is 2.39. The number of carbonyl (C=O) groups is 3. The number of thiazole rings is 1. The summed E-state index contributed by atoms with van der Waals surface area (Å²) in [4.78, 5) is 71.8. The van der Waals surface area contributed by atoms with Crippen LogP contribution in [-0.4, -0.2) is 165 Å². The number of likely N-dealkylation sites (tertiary alicyclic amines) is 2. The van der Waals surface area contributed by atoms with E-state index in [-0.39, 0.29) is 85.3 Å². The highest BCUT2D eigenvalue weighted by molar-refractivity contribution is 7.13. The molecule has 4 aromatic heterocycles. The number of nitrogens with zero attached hydrogens (tertiary/aromatic N) is 10. The zero-order valence-electron chi connectivity index (χ0n) is 48.8. The molecule has 84 heavy (non-hydrogen) atoms. The lowest BCUT2D eigenvalue weighted by Crippen LogP contribution is -2.54. The minimum atomic E-state index is -0.865. The summed E-state index contributed by atoms with van der Waals surface area (Å²) >= 11 is 1.58. The molecule has 5 aliphatic heterocycles. The fourth-order valence-corrected chi connectivity index (χ4v) is 14.3. The molecule has 9 atom stereocenters. The molecular formula is C63H75FN12O7S. The van der Waals surface area contributed by atoms with Gasteiger partial charge in [-0.2, -0.15) is 9.97 Å². The van der Waals surface area contributed by atoms with Crippen molar-refractivity contribution >= 4 is 62.6 Å². The number of rotatable bonds is 16. The highest BCUT2D eigenvalue weighted by atomic mass is 32.1. The number of ether oxygens (including phenoxy) is 2. The van der Waals surface area contributed by atoms with Gasteiger partial charge in [0.05, 0.1) is 33.6 Å². The second-order valence-electron chi connectivity index (χ2n) is 24.0. The van der Waals surface area contributed by atoms with Gasteiger partial charge >= 0.3 is 12.1 Å². The molecule has 7 aromatic rings. The van der Waals surface area contributed by atoms with Crippen molar-refractivity contribution in [1.29, 1.82) is 0 Å². The Morgan fingerprint density at radius 1 is 0.929 bits per heavy atom. The van der Waals surface area contributed by atoms with Gasteiger partial charge in [-0.25, -0.2) is 14.2 Å². The summed E-state index contributed by atoms with van der Waals surface area (Å²) < 4.78 is 35.6. The monoisotopic (exact) mass is 1160 g/mol. The van der Waals surface area contributed by atoms with Crippen LogP contribution in [0.4, 0.5) is 20.8 Å². The van der Waals surface area contributed by atoms with Gasteiger partial charge < -0.3 is 49.3 Å². The van der Waals surface area contributed by atoms with Crippen molar-refractivity contribution in [3.8, 4) is 27.7 Å². The van der Waals surface area contributed by atoms with Crippen LogP contribution < -0.4 is 25.2 Å². The number of fused-ring (bicyclic) bond motifs is 4. The predicted molar refractivity (Wildman–Crippen MR) is 321 cm³/mol. The van der Waals surface area contributed by atoms with Gasteiger partial charge in [-0.3, -0.25) is 19.5 Å². The van der Waals surface area contributed by atoms with Crippen molar-refractivity contribution in [3.63, 3.8) is 0 Å². The zero-order chi connectivity index (χ0) is 58.5. The van der Waals surface area contributed by atoms with Gasteiger partial charge in [0.2, 0.25) is 11.8 Å². The van der Waals surface area contributed by atoms with Crippen LogP contribution in [0.15, 0.2) is 83.0 Å². The molecule has 21 heteroatoms. The number of carbonyl (C=O) groups excluding carboxylic acids is 3. The third kappa shape index (κ3) is 11.3. The third-order valence-corrected chi connectivity index (χ3v) is 19.1. The number of β-amino-alcohol motifs (C(OH)–C–C–N with tert-alkyl or cyclic N) is 1. The molecule has 9 heterocycles. The van der Waals surface area contributed by atoms with Crippen LogP contribution in [0.25, 0.3) is 43.4 Å². The van der Waals surface area contributed by atoms with Gasteiger partial charge in [0.25, 0.3) is 0 Å². The Labute approximate surface area is 492 Å². The number of pyridine rings is 1. The number of benzene rings is 3. The molecule has 0 radical (unpaired) electrons. The summed E-state index contributed by atoms with van der Waals surface area (Å²) in [5.74, 6) is -0.592. The molecule has 3 N–H and O–H groups in total. The summed E-state index contributed by atoms with van der Waals surface area (Å²) in [5.41, 5.74) is 7.03. The van der Waals surface area contributed by atoms with Crippen LogP contribution in [0.3, 0.4) is 0 Å². The van der Waals surface area contributed by atoms with E-state index in [1.165, 1.54) is 4.90 Å². The largest absolute Gasteiger partial charge is 0.462 e. The van der Waals surface area contributed by atoms with E-state index in [0.717, 1.165) is 88.8 Å². The Hall–Kier alpha value is -7.33. The first-order chi connectivity index (χ1) is 40.6. The summed E-state index contributed by atoms with van der Waals surface area (Å²) in [6.07, 6.45) is 5.11. The van der Waals surface area contributed by atoms with E-state index < -0.39 is 30.0 Å². The molecule has 2 bridgehead atoms. The summed E-state index contributed by atoms with van der Waals surface area (Å²) in [6.45, 7) is 15.0. The first kappa shape index (κ1) is 57.1. The second-order valence-corrected chi connectivity index (χ2v) is 24.8. The number of amides is 3. The van der Waals surface area contributed by atoms with Gasteiger partial charge in [-0.05, 0) is 93.3 Å². The van der Waals surface area contributed by atoms with Crippen molar-refractivity contribution in [1.82, 2.24) is 50.4 Å². The number of aryl methyl sites for hydroxylation is 2. The first-order valence-corrected chi connectivity index (χ1v) is 30.7. The Balaban J connectivity index is 0.655. The van der Waals surface area contributed by atoms with Crippen molar-refractivity contribution in [3.05, 3.63) is 107 Å². The van der Waals surface area contributed by atoms with Gasteiger partial charge in [-0.1, -0.05) is 86.6 Å². The van der Waals surface area contributed by atoms with Crippen molar-refractivity contribution in [2.45, 2.75) is 134 Å². The Morgan fingerprint density at radius 2 is 1.68 bits per heavy atom. The van der Waals surface area contributed by atoms with E-state index in [1.54, 1.807) is 28.5 Å². The molecule has 12 rings (SSSR count). The van der Waals surface area contributed by atoms with Gasteiger partial charge in [0, 0.05) is 93.7 Å². The number of aromatic nitrogens is 5. The van der Waals surface area contributed by atoms with E-state index in [1.807, 2.05) is 102 Å². The molecule has 2 unspecified atom stereocenters. The van der Waals surface area contributed by atoms with Crippen LogP contribution in [0.5, 0.6) is 6.01 Å². The minimum Gasteiger partial charge on any atom is -0.462 e. The molecule has 5 fully saturated rings. The van der Waals surface area contributed by atoms with E-state index in [0.29, 0.717) is 54.5 Å². The average molecular weight is 1160 g/mol. The summed E-state index contributed by atoms with van der Waals surface area (Å²) in [6, 6.07) is 21.2. The van der Waals surface area contributed by atoms with Crippen molar-refractivity contribution < 1.29 is 37.9 Å². The normalized spacial score (nSPS) is 23.5. The van der Waals surface area contributed by atoms with Gasteiger partial charge in [-0.15, -0.1) is 11.3 Å². The molecule has 5 aliphatic rings. The molecule has 19 nitrogen and oxygen atoms in total. The molecule has 0 aliphatic carbocycles. The standard InChI is InChI=1S/C63H75FN12O7S/c1-8-39-11-9-12-41-13-10-14-48(54(39)41)56-55(64)57-49(27-65-56)59(74-29-43-19-20-44(30-74)68-43)70-62(69-57)81-32-45-21-22-46(72(45)7)33-82-63(80)73-23-24-75(36(4)28-73)52-26-51(83-71-52)53(35(2)3)61(79)76-31-47(77)25-50(76)60(78)67-37(5)40-15-17-42(18-16-40)58-38(6)66-34-84-58/h9-18,26-27,34-37,43-47,50,53,68,77H,8,19-25,28-33H2,1-7H3,(H,67,78)/t36-,37+,43?,44?,45+,46+,47-,50+,53-/m1/s1. The predicted octanol–water partition coefficient (Wildman–Crippen LogP) is 8.67. The number of anilines is 2. The lowest BCUT2D eigenvalue weighted by Gasteiger charge is -2.39. The maximum Gasteiger partial charge on any atom is 0.409 e. The Bertz CT molecular complexity index is 3550. The number of aliphatic hydroxyl groups is 1. The summed E-state index contributed by atoms with van der Waals surface area (Å²) in [7, 11) is 2.01. The SMILES string of the molecule is CCc1cccc2cccc(-c3ncc4c(N5CC6CCC(C5)N6)nc(OC[C@@H]5CC[C@@H](COC(=O)N6CCN(c7cc([C@H](C(=O)N8C[C@H](O)C[C@H]8C(=O)N[C@@H](C)c8ccc(-c9scnc9C)cc8)C(C)C)on7)[C@H](C)C6)N5C)nc4c3F)c12. The second kappa shape index (κ2) is 24.0. The molecule has 0 spiro atoms. The number of halogens is 1. The number of nitrogens with one attached hydrogen (secondary N) is 2. The van der Waals surface area contributed by atoms with E-state index in [9.17, 15) is 19.5 Å². The summed E-state index contributed by atoms with van der Waals surface area (Å²) in [5, 5.41) is 24.6. The van der Waals surface area contributed by atoms with E-state index in [4.69, 9.17) is 28.9 Å². The molecule has 3 aromatic carbocycles. The molecule has 0 saturated carbocycles. The Kier molecular flexibility index (Phi) is 16.3. The lowest BCUT2D eigenvalue weighted by molar-refractivity contribution is -0.141. The van der Waals surface area contributed by atoms with Gasteiger partial charge in [0.1, 0.15) is 42.2 Å². The van der Waals surface area contributed by atoms with Crippen LogP contribution >= 0.6 is 11.3 Å². The zero-order valence-corrected chi connectivity index (χ0v) is 49.7. The fourth-order valence-electron chi connectivity index (χ4n) is 13.5.